The summed E-state index contributed by atoms with van der Waals surface area (Å²) < 4.78 is 12.8. The van der Waals surface area contributed by atoms with E-state index in [4.69, 9.17) is 0 Å². The van der Waals surface area contributed by atoms with Crippen molar-refractivity contribution in [3.05, 3.63) is 30.1 Å². The minimum atomic E-state index is -0.614. The first kappa shape index (κ1) is 13.5. The van der Waals surface area contributed by atoms with Gasteiger partial charge in [0, 0.05) is 18.8 Å². The highest BCUT2D eigenvalue weighted by Crippen LogP contribution is 2.25. The molecule has 1 atom stereocenters. The number of carbonyl (C=O) groups excluding carboxylic acids is 2. The maximum atomic E-state index is 12.8. The molecule has 4 nitrogen and oxygen atoms in total. The normalized spacial score (nSPS) is 18.7. The van der Waals surface area contributed by atoms with Gasteiger partial charge < -0.3 is 10.2 Å². The van der Waals surface area contributed by atoms with Gasteiger partial charge in [-0.2, -0.15) is 0 Å². The Morgan fingerprint density at radius 1 is 1.42 bits per heavy atom. The van der Waals surface area contributed by atoms with Gasteiger partial charge in [-0.25, -0.2) is 4.39 Å². The highest BCUT2D eigenvalue weighted by molar-refractivity contribution is 6.09. The van der Waals surface area contributed by atoms with Gasteiger partial charge >= 0.3 is 0 Å². The Morgan fingerprint density at radius 2 is 2.11 bits per heavy atom. The van der Waals surface area contributed by atoms with Gasteiger partial charge in [-0.05, 0) is 37.1 Å². The molecule has 1 unspecified atom stereocenters. The van der Waals surface area contributed by atoms with Crippen LogP contribution >= 0.6 is 0 Å². The molecule has 102 valence electrons. The van der Waals surface area contributed by atoms with Crippen molar-refractivity contribution in [1.29, 1.82) is 0 Å². The van der Waals surface area contributed by atoms with Crippen LogP contribution in [0.1, 0.15) is 19.8 Å². The van der Waals surface area contributed by atoms with Crippen LogP contribution in [0.25, 0.3) is 0 Å². The minimum Gasteiger partial charge on any atom is -0.355 e. The molecule has 0 saturated carbocycles. The molecule has 1 fully saturated rings. The standard InChI is InChI=1S/C14H17FN2O2/c1-2-8-16-13(18)12-7-9-17(14(12)19)11-5-3-10(15)4-6-11/h3-6,12H,2,7-9H2,1H3,(H,16,18). The molecular formula is C14H17FN2O2. The third-order valence-electron chi connectivity index (χ3n) is 3.21. The minimum absolute atomic E-state index is 0.208. The van der Waals surface area contributed by atoms with E-state index in [0.29, 0.717) is 25.2 Å². The second-order valence-corrected chi connectivity index (χ2v) is 4.60. The van der Waals surface area contributed by atoms with Crippen LogP contribution in [-0.2, 0) is 9.59 Å². The van der Waals surface area contributed by atoms with Crippen molar-refractivity contribution >= 4 is 17.5 Å². The van der Waals surface area contributed by atoms with Gasteiger partial charge in [0.05, 0.1) is 0 Å². The zero-order valence-corrected chi connectivity index (χ0v) is 10.9. The summed E-state index contributed by atoms with van der Waals surface area (Å²) >= 11 is 0. The quantitative estimate of drug-likeness (QED) is 0.842. The lowest BCUT2D eigenvalue weighted by molar-refractivity contribution is -0.132. The van der Waals surface area contributed by atoms with Gasteiger partial charge in [0.1, 0.15) is 11.7 Å². The number of anilines is 1. The first-order valence-corrected chi connectivity index (χ1v) is 6.48. The lowest BCUT2D eigenvalue weighted by Gasteiger charge is -2.16. The van der Waals surface area contributed by atoms with Crippen molar-refractivity contribution in [1.82, 2.24) is 5.32 Å². The van der Waals surface area contributed by atoms with Gasteiger partial charge in [0.15, 0.2) is 0 Å². The monoisotopic (exact) mass is 264 g/mol. The van der Waals surface area contributed by atoms with Gasteiger partial charge in [0.25, 0.3) is 0 Å². The van der Waals surface area contributed by atoms with Crippen LogP contribution in [0.3, 0.4) is 0 Å². The molecule has 1 aromatic carbocycles. The highest BCUT2D eigenvalue weighted by Gasteiger charge is 2.37. The molecule has 0 bridgehead atoms. The van der Waals surface area contributed by atoms with Crippen molar-refractivity contribution in [3.63, 3.8) is 0 Å². The first-order chi connectivity index (χ1) is 9.13. The molecule has 0 radical (unpaired) electrons. The van der Waals surface area contributed by atoms with Crippen molar-refractivity contribution < 1.29 is 14.0 Å². The van der Waals surface area contributed by atoms with Crippen LogP contribution in [0.15, 0.2) is 24.3 Å². The molecule has 2 amide bonds. The number of halogens is 1. The Balaban J connectivity index is 2.05. The lowest BCUT2D eigenvalue weighted by Crippen LogP contribution is -2.37. The average molecular weight is 264 g/mol. The number of hydrogen-bond acceptors (Lipinski definition) is 2. The van der Waals surface area contributed by atoms with E-state index in [1.54, 1.807) is 12.1 Å². The molecule has 1 saturated heterocycles. The van der Waals surface area contributed by atoms with E-state index in [9.17, 15) is 14.0 Å². The molecule has 0 aromatic heterocycles. The Morgan fingerprint density at radius 3 is 2.74 bits per heavy atom. The summed E-state index contributed by atoms with van der Waals surface area (Å²) in [5.74, 6) is -1.37. The molecule has 0 spiro atoms. The number of nitrogens with zero attached hydrogens (tertiary/aromatic N) is 1. The van der Waals surface area contributed by atoms with Gasteiger partial charge in [-0.3, -0.25) is 9.59 Å². The number of carbonyl (C=O) groups is 2. The van der Waals surface area contributed by atoms with E-state index in [0.717, 1.165) is 6.42 Å². The molecule has 5 heteroatoms. The smallest absolute Gasteiger partial charge is 0.239 e. The molecule has 1 aliphatic rings. The number of nitrogens with one attached hydrogen (secondary N) is 1. The average Bonchev–Trinajstić information content (AvgIpc) is 2.79. The second-order valence-electron chi connectivity index (χ2n) is 4.60. The van der Waals surface area contributed by atoms with Crippen LogP contribution in [0.5, 0.6) is 0 Å². The van der Waals surface area contributed by atoms with Crippen LogP contribution in [0, 0.1) is 11.7 Å². The molecule has 2 rings (SSSR count). The summed E-state index contributed by atoms with van der Waals surface area (Å²) in [6, 6.07) is 5.74. The highest BCUT2D eigenvalue weighted by atomic mass is 19.1. The van der Waals surface area contributed by atoms with Crippen LogP contribution < -0.4 is 10.2 Å². The van der Waals surface area contributed by atoms with Crippen LogP contribution in [-0.4, -0.2) is 24.9 Å². The number of rotatable bonds is 4. The molecule has 19 heavy (non-hydrogen) atoms. The summed E-state index contributed by atoms with van der Waals surface area (Å²) in [5, 5.41) is 2.74. The zero-order chi connectivity index (χ0) is 13.8. The van der Waals surface area contributed by atoms with E-state index in [2.05, 4.69) is 5.32 Å². The summed E-state index contributed by atoms with van der Waals surface area (Å²) in [7, 11) is 0. The SMILES string of the molecule is CCCNC(=O)C1CCN(c2ccc(F)cc2)C1=O. The molecule has 0 aliphatic carbocycles. The largest absolute Gasteiger partial charge is 0.355 e. The maximum Gasteiger partial charge on any atom is 0.239 e. The Bertz CT molecular complexity index is 473. The van der Waals surface area contributed by atoms with Gasteiger partial charge in [-0.1, -0.05) is 6.92 Å². The summed E-state index contributed by atoms with van der Waals surface area (Å²) in [4.78, 5) is 25.5. The van der Waals surface area contributed by atoms with E-state index in [1.165, 1.54) is 17.0 Å². The van der Waals surface area contributed by atoms with E-state index < -0.39 is 5.92 Å². The fraction of sp³-hybridized carbons (Fsp3) is 0.429. The summed E-state index contributed by atoms with van der Waals surface area (Å²) in [6.07, 6.45) is 1.35. The molecule has 1 aliphatic heterocycles. The van der Waals surface area contributed by atoms with Gasteiger partial charge in [0.2, 0.25) is 11.8 Å². The Kier molecular flexibility index (Phi) is 4.14. The summed E-state index contributed by atoms with van der Waals surface area (Å²) in [6.45, 7) is 3.04. The van der Waals surface area contributed by atoms with Crippen molar-refractivity contribution in [2.24, 2.45) is 5.92 Å². The van der Waals surface area contributed by atoms with E-state index in [1.807, 2.05) is 6.92 Å². The Labute approximate surface area is 111 Å². The molecule has 1 aromatic rings. The zero-order valence-electron chi connectivity index (χ0n) is 10.9. The van der Waals surface area contributed by atoms with Crippen molar-refractivity contribution in [2.45, 2.75) is 19.8 Å². The third kappa shape index (κ3) is 2.92. The van der Waals surface area contributed by atoms with E-state index >= 15 is 0 Å². The number of benzene rings is 1. The topological polar surface area (TPSA) is 49.4 Å². The Hall–Kier alpha value is -1.91. The maximum absolute atomic E-state index is 12.8. The van der Waals surface area contributed by atoms with Crippen molar-refractivity contribution in [3.8, 4) is 0 Å². The third-order valence-corrected chi connectivity index (χ3v) is 3.21. The van der Waals surface area contributed by atoms with Crippen LogP contribution in [0.2, 0.25) is 0 Å². The predicted molar refractivity (Wildman–Crippen MR) is 70.2 cm³/mol. The number of hydrogen-bond donors (Lipinski definition) is 1. The summed E-state index contributed by atoms with van der Waals surface area (Å²) in [5.41, 5.74) is 0.636. The predicted octanol–water partition coefficient (Wildman–Crippen LogP) is 1.70. The van der Waals surface area contributed by atoms with Gasteiger partial charge in [-0.15, -0.1) is 0 Å². The lowest BCUT2D eigenvalue weighted by atomic mass is 10.1. The molecular weight excluding hydrogens is 247 g/mol. The second kappa shape index (κ2) is 5.82. The number of amides is 2. The van der Waals surface area contributed by atoms with Crippen molar-refractivity contribution in [2.75, 3.05) is 18.0 Å². The van der Waals surface area contributed by atoms with E-state index in [-0.39, 0.29) is 17.6 Å². The molecule has 1 heterocycles. The fourth-order valence-electron chi connectivity index (χ4n) is 2.17. The fourth-order valence-corrected chi connectivity index (χ4v) is 2.17. The molecule has 1 N–H and O–H groups in total. The van der Waals surface area contributed by atoms with Crippen LogP contribution in [0.4, 0.5) is 10.1 Å². The first-order valence-electron chi connectivity index (χ1n) is 6.48.